The maximum Gasteiger partial charge on any atom is 0.0492 e. The number of hydrogen-bond donors (Lipinski definition) is 1. The van der Waals surface area contributed by atoms with Gasteiger partial charge in [-0.15, -0.1) is 0 Å². The van der Waals surface area contributed by atoms with Crippen LogP contribution in [0, 0.1) is 0 Å². The van der Waals surface area contributed by atoms with Gasteiger partial charge >= 0.3 is 0 Å². The molecule has 120 valence electrons. The minimum Gasteiger partial charge on any atom is -0.315 e. The summed E-state index contributed by atoms with van der Waals surface area (Å²) >= 11 is 0. The van der Waals surface area contributed by atoms with E-state index < -0.39 is 0 Å². The lowest BCUT2D eigenvalue weighted by atomic mass is 9.79. The number of aryl methyl sites for hydroxylation is 2. The molecule has 1 aliphatic rings. The summed E-state index contributed by atoms with van der Waals surface area (Å²) in [6.07, 6.45) is 12.3. The van der Waals surface area contributed by atoms with E-state index in [-0.39, 0.29) is 0 Å². The SMILES string of the molecule is CNC(CCc1ccnn1C)C1(N(C)C)CCCCCC1. The number of hydrogen-bond acceptors (Lipinski definition) is 3. The first-order valence-electron chi connectivity index (χ1n) is 8.42. The number of nitrogens with zero attached hydrogens (tertiary/aromatic N) is 3. The zero-order valence-electron chi connectivity index (χ0n) is 14.2. The Morgan fingerprint density at radius 1 is 1.29 bits per heavy atom. The van der Waals surface area contributed by atoms with Gasteiger partial charge < -0.3 is 10.2 Å². The fourth-order valence-electron chi connectivity index (χ4n) is 4.07. The predicted molar refractivity (Wildman–Crippen MR) is 88.5 cm³/mol. The van der Waals surface area contributed by atoms with Gasteiger partial charge in [0, 0.05) is 30.5 Å². The van der Waals surface area contributed by atoms with Crippen molar-refractivity contribution in [2.24, 2.45) is 7.05 Å². The fourth-order valence-corrected chi connectivity index (χ4v) is 4.07. The Bertz CT molecular complexity index is 416. The third-order valence-electron chi connectivity index (χ3n) is 5.47. The van der Waals surface area contributed by atoms with Crippen LogP contribution in [0.4, 0.5) is 0 Å². The molecule has 0 amide bonds. The Morgan fingerprint density at radius 2 is 1.95 bits per heavy atom. The maximum absolute atomic E-state index is 4.29. The summed E-state index contributed by atoms with van der Waals surface area (Å²) in [6, 6.07) is 2.68. The van der Waals surface area contributed by atoms with Crippen molar-refractivity contribution in [3.63, 3.8) is 0 Å². The fraction of sp³-hybridized carbons (Fsp3) is 0.824. The third kappa shape index (κ3) is 3.67. The number of likely N-dealkylation sites (N-methyl/N-ethyl adjacent to an activating group) is 2. The highest BCUT2D eigenvalue weighted by molar-refractivity contribution is 5.04. The van der Waals surface area contributed by atoms with Crippen LogP contribution in [-0.4, -0.2) is 47.4 Å². The zero-order chi connectivity index (χ0) is 15.3. The lowest BCUT2D eigenvalue weighted by molar-refractivity contribution is 0.0796. The summed E-state index contributed by atoms with van der Waals surface area (Å²) in [5.41, 5.74) is 1.64. The van der Waals surface area contributed by atoms with E-state index in [0.717, 1.165) is 6.42 Å². The molecule has 1 N–H and O–H groups in total. The minimum absolute atomic E-state index is 0.309. The smallest absolute Gasteiger partial charge is 0.0492 e. The van der Waals surface area contributed by atoms with E-state index in [0.29, 0.717) is 11.6 Å². The van der Waals surface area contributed by atoms with Crippen LogP contribution in [0.25, 0.3) is 0 Å². The summed E-state index contributed by atoms with van der Waals surface area (Å²) in [7, 11) is 8.70. The minimum atomic E-state index is 0.309. The van der Waals surface area contributed by atoms with Gasteiger partial charge in [-0.1, -0.05) is 25.7 Å². The van der Waals surface area contributed by atoms with Gasteiger partial charge in [0.05, 0.1) is 0 Å². The topological polar surface area (TPSA) is 33.1 Å². The predicted octanol–water partition coefficient (Wildman–Crippen LogP) is 2.60. The molecule has 2 rings (SSSR count). The van der Waals surface area contributed by atoms with Crippen LogP contribution in [-0.2, 0) is 13.5 Å². The maximum atomic E-state index is 4.29. The molecule has 0 aliphatic heterocycles. The van der Waals surface area contributed by atoms with E-state index in [1.165, 1.54) is 50.6 Å². The van der Waals surface area contributed by atoms with Gasteiger partial charge in [-0.3, -0.25) is 4.68 Å². The molecule has 1 fully saturated rings. The standard InChI is InChI=1S/C17H32N4/c1-18-16(10-9-15-11-14-19-21(15)4)17(20(2)3)12-7-5-6-8-13-17/h11,14,16,18H,5-10,12-13H2,1-4H3. The highest BCUT2D eigenvalue weighted by Crippen LogP contribution is 2.35. The molecule has 0 bridgehead atoms. The molecule has 0 spiro atoms. The van der Waals surface area contributed by atoms with Crippen molar-refractivity contribution in [2.45, 2.75) is 62.9 Å². The van der Waals surface area contributed by atoms with Gasteiger partial charge in [-0.25, -0.2) is 0 Å². The first-order chi connectivity index (χ1) is 10.1. The van der Waals surface area contributed by atoms with Crippen molar-refractivity contribution in [1.29, 1.82) is 0 Å². The second-order valence-corrected chi connectivity index (χ2v) is 6.74. The molecular weight excluding hydrogens is 260 g/mol. The Kier molecular flexibility index (Phi) is 5.82. The van der Waals surface area contributed by atoms with E-state index in [2.05, 4.69) is 42.5 Å². The summed E-state index contributed by atoms with van der Waals surface area (Å²) in [4.78, 5) is 2.49. The average molecular weight is 292 g/mol. The molecule has 0 aromatic carbocycles. The van der Waals surface area contributed by atoms with Crippen molar-refractivity contribution in [3.8, 4) is 0 Å². The Labute approximate surface area is 129 Å². The van der Waals surface area contributed by atoms with Gasteiger partial charge in [0.2, 0.25) is 0 Å². The molecule has 1 aromatic heterocycles. The molecule has 0 saturated heterocycles. The number of rotatable bonds is 6. The Balaban J connectivity index is 2.10. The van der Waals surface area contributed by atoms with Crippen LogP contribution in [0.1, 0.15) is 50.6 Å². The van der Waals surface area contributed by atoms with E-state index >= 15 is 0 Å². The third-order valence-corrected chi connectivity index (χ3v) is 5.47. The molecule has 1 heterocycles. The second-order valence-electron chi connectivity index (χ2n) is 6.74. The summed E-state index contributed by atoms with van der Waals surface area (Å²) in [5, 5.41) is 7.92. The van der Waals surface area contributed by atoms with Crippen molar-refractivity contribution < 1.29 is 0 Å². The molecule has 1 saturated carbocycles. The summed E-state index contributed by atoms with van der Waals surface area (Å²) in [6.45, 7) is 0. The average Bonchev–Trinajstić information content (AvgIpc) is 2.73. The van der Waals surface area contributed by atoms with Gasteiger partial charge in [0.15, 0.2) is 0 Å². The van der Waals surface area contributed by atoms with Crippen molar-refractivity contribution in [1.82, 2.24) is 20.0 Å². The van der Waals surface area contributed by atoms with E-state index in [1.54, 1.807) is 0 Å². The van der Waals surface area contributed by atoms with E-state index in [4.69, 9.17) is 0 Å². The first-order valence-corrected chi connectivity index (χ1v) is 8.42. The normalized spacial score (nSPS) is 20.4. The Hall–Kier alpha value is -0.870. The van der Waals surface area contributed by atoms with Gasteiger partial charge in [-0.2, -0.15) is 5.10 Å². The monoisotopic (exact) mass is 292 g/mol. The summed E-state index contributed by atoms with van der Waals surface area (Å²) in [5.74, 6) is 0. The number of nitrogens with one attached hydrogen (secondary N) is 1. The molecular formula is C17H32N4. The zero-order valence-corrected chi connectivity index (χ0v) is 14.2. The van der Waals surface area contributed by atoms with Gasteiger partial charge in [0.1, 0.15) is 0 Å². The molecule has 4 nitrogen and oxygen atoms in total. The van der Waals surface area contributed by atoms with Crippen LogP contribution in [0.3, 0.4) is 0 Å². The van der Waals surface area contributed by atoms with Crippen molar-refractivity contribution in [2.75, 3.05) is 21.1 Å². The van der Waals surface area contributed by atoms with Crippen LogP contribution in [0.15, 0.2) is 12.3 Å². The molecule has 0 radical (unpaired) electrons. The van der Waals surface area contributed by atoms with Crippen molar-refractivity contribution in [3.05, 3.63) is 18.0 Å². The van der Waals surface area contributed by atoms with Crippen LogP contribution < -0.4 is 5.32 Å². The molecule has 1 unspecified atom stereocenters. The Morgan fingerprint density at radius 3 is 2.43 bits per heavy atom. The van der Waals surface area contributed by atoms with Crippen molar-refractivity contribution >= 4 is 0 Å². The number of aromatic nitrogens is 2. The van der Waals surface area contributed by atoms with E-state index in [1.807, 2.05) is 17.9 Å². The largest absolute Gasteiger partial charge is 0.315 e. The molecule has 1 aliphatic carbocycles. The van der Waals surface area contributed by atoms with E-state index in [9.17, 15) is 0 Å². The van der Waals surface area contributed by atoms with Gasteiger partial charge in [-0.05, 0) is 52.9 Å². The molecule has 21 heavy (non-hydrogen) atoms. The highest BCUT2D eigenvalue weighted by atomic mass is 15.3. The summed E-state index contributed by atoms with van der Waals surface area (Å²) < 4.78 is 2.00. The molecule has 1 aromatic rings. The lowest BCUT2D eigenvalue weighted by Crippen LogP contribution is -2.58. The first kappa shape index (κ1) is 16.5. The molecule has 1 atom stereocenters. The highest BCUT2D eigenvalue weighted by Gasteiger charge is 2.39. The van der Waals surface area contributed by atoms with Gasteiger partial charge in [0.25, 0.3) is 0 Å². The molecule has 4 heteroatoms. The van der Waals surface area contributed by atoms with Crippen LogP contribution >= 0.6 is 0 Å². The quantitative estimate of drug-likeness (QED) is 0.818. The lowest BCUT2D eigenvalue weighted by Gasteiger charge is -2.46. The van der Waals surface area contributed by atoms with Crippen LogP contribution in [0.5, 0.6) is 0 Å². The second kappa shape index (κ2) is 7.41. The van der Waals surface area contributed by atoms with Crippen LogP contribution in [0.2, 0.25) is 0 Å².